The summed E-state index contributed by atoms with van der Waals surface area (Å²) in [6, 6.07) is 13.5. The molecule has 1 aliphatic rings. The Morgan fingerprint density at radius 1 is 1.04 bits per heavy atom. The minimum Gasteiger partial charge on any atom is -0.356 e. The highest BCUT2D eigenvalue weighted by molar-refractivity contribution is 5.94. The molecule has 1 saturated heterocycles. The average Bonchev–Trinajstić information content (AvgIpc) is 3.12. The van der Waals surface area contributed by atoms with Gasteiger partial charge in [0, 0.05) is 37.0 Å². The van der Waals surface area contributed by atoms with E-state index in [4.69, 9.17) is 0 Å². The molecule has 0 unspecified atom stereocenters. The molecule has 0 spiro atoms. The number of carbonyl (C=O) groups excluding carboxylic acids is 1. The van der Waals surface area contributed by atoms with Crippen molar-refractivity contribution in [3.05, 3.63) is 60.4 Å². The van der Waals surface area contributed by atoms with Gasteiger partial charge in [0.1, 0.15) is 5.82 Å². The Bertz CT molecular complexity index is 837. The largest absolute Gasteiger partial charge is 0.356 e. The van der Waals surface area contributed by atoms with E-state index in [0.29, 0.717) is 5.56 Å². The molecule has 0 saturated carbocycles. The smallest absolute Gasteiger partial charge is 0.251 e. The first-order valence-corrected chi connectivity index (χ1v) is 8.21. The molecular formula is C18H19N5O. The lowest BCUT2D eigenvalue weighted by Gasteiger charge is -2.33. The van der Waals surface area contributed by atoms with Crippen LogP contribution >= 0.6 is 0 Å². The van der Waals surface area contributed by atoms with Gasteiger partial charge in [0.25, 0.3) is 5.91 Å². The highest BCUT2D eigenvalue weighted by Crippen LogP contribution is 2.20. The van der Waals surface area contributed by atoms with Gasteiger partial charge in [-0.15, -0.1) is 0 Å². The fraction of sp³-hybridized carbons (Fsp3) is 0.278. The van der Waals surface area contributed by atoms with Crippen LogP contribution in [-0.2, 0) is 0 Å². The van der Waals surface area contributed by atoms with Crippen molar-refractivity contribution in [2.24, 2.45) is 0 Å². The minimum absolute atomic E-state index is 0.00688. The molecule has 3 heterocycles. The van der Waals surface area contributed by atoms with Crippen LogP contribution in [0.1, 0.15) is 23.2 Å². The van der Waals surface area contributed by atoms with E-state index in [1.807, 2.05) is 53.2 Å². The van der Waals surface area contributed by atoms with E-state index in [9.17, 15) is 4.79 Å². The van der Waals surface area contributed by atoms with Crippen LogP contribution in [0.25, 0.3) is 5.65 Å². The lowest BCUT2D eigenvalue weighted by atomic mass is 10.0. The fourth-order valence-corrected chi connectivity index (χ4v) is 3.17. The molecule has 1 fully saturated rings. The molecule has 1 aliphatic heterocycles. The van der Waals surface area contributed by atoms with Gasteiger partial charge in [-0.2, -0.15) is 9.61 Å². The number of hydrogen-bond donors (Lipinski definition) is 1. The van der Waals surface area contributed by atoms with Crippen molar-refractivity contribution in [3.8, 4) is 0 Å². The van der Waals surface area contributed by atoms with Crippen molar-refractivity contribution < 1.29 is 4.79 Å². The zero-order valence-corrected chi connectivity index (χ0v) is 13.3. The Balaban J connectivity index is 1.40. The minimum atomic E-state index is 0.00688. The van der Waals surface area contributed by atoms with Gasteiger partial charge in [0.15, 0.2) is 5.65 Å². The second-order valence-electron chi connectivity index (χ2n) is 6.01. The van der Waals surface area contributed by atoms with Crippen LogP contribution in [0.15, 0.2) is 54.9 Å². The topological polar surface area (TPSA) is 62.5 Å². The Labute approximate surface area is 140 Å². The van der Waals surface area contributed by atoms with Crippen LogP contribution in [0.2, 0.25) is 0 Å². The molecule has 6 nitrogen and oxygen atoms in total. The molecule has 6 heteroatoms. The van der Waals surface area contributed by atoms with Gasteiger partial charge in [-0.1, -0.05) is 18.2 Å². The number of nitrogens with zero attached hydrogens (tertiary/aromatic N) is 4. The predicted molar refractivity (Wildman–Crippen MR) is 92.1 cm³/mol. The van der Waals surface area contributed by atoms with E-state index in [2.05, 4.69) is 20.3 Å². The Hall–Kier alpha value is -2.89. The number of piperidine rings is 1. The number of carbonyl (C=O) groups is 1. The summed E-state index contributed by atoms with van der Waals surface area (Å²) in [4.78, 5) is 18.9. The Kier molecular flexibility index (Phi) is 3.86. The monoisotopic (exact) mass is 321 g/mol. The molecule has 1 N–H and O–H groups in total. The van der Waals surface area contributed by atoms with E-state index in [-0.39, 0.29) is 11.9 Å². The molecule has 2 aromatic heterocycles. The molecule has 122 valence electrons. The van der Waals surface area contributed by atoms with Crippen LogP contribution in [-0.4, -0.2) is 39.6 Å². The van der Waals surface area contributed by atoms with Crippen molar-refractivity contribution in [1.82, 2.24) is 19.9 Å². The lowest BCUT2D eigenvalue weighted by Crippen LogP contribution is -2.45. The van der Waals surface area contributed by atoms with Crippen molar-refractivity contribution >= 4 is 17.4 Å². The number of rotatable bonds is 3. The standard InChI is InChI=1S/C18H19N5O/c24-18(14-4-2-1-3-5-14)21-15-8-12-22(13-9-15)17-7-10-19-16-6-11-20-23(16)17/h1-7,10-11,15H,8-9,12-13H2,(H,21,24). The fourth-order valence-electron chi connectivity index (χ4n) is 3.17. The summed E-state index contributed by atoms with van der Waals surface area (Å²) in [5, 5.41) is 7.48. The zero-order valence-electron chi connectivity index (χ0n) is 13.3. The van der Waals surface area contributed by atoms with Crippen LogP contribution in [0.3, 0.4) is 0 Å². The van der Waals surface area contributed by atoms with E-state index in [1.165, 1.54) is 0 Å². The van der Waals surface area contributed by atoms with Crippen LogP contribution in [0, 0.1) is 0 Å². The maximum Gasteiger partial charge on any atom is 0.251 e. The molecule has 0 aliphatic carbocycles. The molecule has 1 amide bonds. The first kappa shape index (κ1) is 14.7. The second kappa shape index (κ2) is 6.31. The molecule has 0 bridgehead atoms. The summed E-state index contributed by atoms with van der Waals surface area (Å²) in [5.74, 6) is 1.06. The molecule has 3 aromatic rings. The third kappa shape index (κ3) is 2.82. The third-order valence-corrected chi connectivity index (χ3v) is 4.46. The van der Waals surface area contributed by atoms with E-state index in [1.54, 1.807) is 6.20 Å². The lowest BCUT2D eigenvalue weighted by molar-refractivity contribution is 0.0931. The highest BCUT2D eigenvalue weighted by Gasteiger charge is 2.22. The first-order chi connectivity index (χ1) is 11.8. The second-order valence-corrected chi connectivity index (χ2v) is 6.01. The van der Waals surface area contributed by atoms with Crippen molar-refractivity contribution in [1.29, 1.82) is 0 Å². The molecule has 4 rings (SSSR count). The van der Waals surface area contributed by atoms with Crippen molar-refractivity contribution in [3.63, 3.8) is 0 Å². The SMILES string of the molecule is O=C(NC1CCN(c2ccnc3ccnn23)CC1)c1ccccc1. The summed E-state index contributed by atoms with van der Waals surface area (Å²) in [6.45, 7) is 1.78. The summed E-state index contributed by atoms with van der Waals surface area (Å²) >= 11 is 0. The molecule has 1 aromatic carbocycles. The number of hydrogen-bond acceptors (Lipinski definition) is 4. The maximum atomic E-state index is 12.3. The van der Waals surface area contributed by atoms with Gasteiger partial charge in [0.05, 0.1) is 6.20 Å². The summed E-state index contributed by atoms with van der Waals surface area (Å²) in [7, 11) is 0. The Morgan fingerprint density at radius 2 is 1.83 bits per heavy atom. The normalized spacial score (nSPS) is 15.6. The van der Waals surface area contributed by atoms with Crippen LogP contribution in [0.5, 0.6) is 0 Å². The van der Waals surface area contributed by atoms with Gasteiger partial charge in [-0.05, 0) is 31.0 Å². The number of benzene rings is 1. The number of anilines is 1. The van der Waals surface area contributed by atoms with Gasteiger partial charge in [0.2, 0.25) is 0 Å². The van der Waals surface area contributed by atoms with Gasteiger partial charge < -0.3 is 10.2 Å². The van der Waals surface area contributed by atoms with Crippen LogP contribution < -0.4 is 10.2 Å². The molecule has 0 radical (unpaired) electrons. The molecule has 0 atom stereocenters. The maximum absolute atomic E-state index is 12.3. The van der Waals surface area contributed by atoms with E-state index in [0.717, 1.165) is 37.4 Å². The molecule has 24 heavy (non-hydrogen) atoms. The quantitative estimate of drug-likeness (QED) is 0.803. The summed E-state index contributed by atoms with van der Waals surface area (Å²) in [5.41, 5.74) is 1.57. The Morgan fingerprint density at radius 3 is 2.62 bits per heavy atom. The van der Waals surface area contributed by atoms with E-state index >= 15 is 0 Å². The summed E-state index contributed by atoms with van der Waals surface area (Å²) < 4.78 is 1.86. The van der Waals surface area contributed by atoms with Crippen molar-refractivity contribution in [2.75, 3.05) is 18.0 Å². The molecular weight excluding hydrogens is 302 g/mol. The number of aromatic nitrogens is 3. The number of fused-ring (bicyclic) bond motifs is 1. The summed E-state index contributed by atoms with van der Waals surface area (Å²) in [6.07, 6.45) is 5.42. The van der Waals surface area contributed by atoms with E-state index < -0.39 is 0 Å². The number of amides is 1. The third-order valence-electron chi connectivity index (χ3n) is 4.46. The van der Waals surface area contributed by atoms with Crippen molar-refractivity contribution in [2.45, 2.75) is 18.9 Å². The van der Waals surface area contributed by atoms with Gasteiger partial charge in [-0.25, -0.2) is 4.98 Å². The zero-order chi connectivity index (χ0) is 16.4. The number of nitrogens with one attached hydrogen (secondary N) is 1. The predicted octanol–water partition coefficient (Wildman–Crippen LogP) is 2.13. The first-order valence-electron chi connectivity index (χ1n) is 8.21. The van der Waals surface area contributed by atoms with Gasteiger partial charge in [-0.3, -0.25) is 4.79 Å². The van der Waals surface area contributed by atoms with Crippen LogP contribution in [0.4, 0.5) is 5.82 Å². The highest BCUT2D eigenvalue weighted by atomic mass is 16.1. The average molecular weight is 321 g/mol. The van der Waals surface area contributed by atoms with Gasteiger partial charge >= 0.3 is 0 Å².